The van der Waals surface area contributed by atoms with E-state index in [9.17, 15) is 4.79 Å². The van der Waals surface area contributed by atoms with Gasteiger partial charge >= 0.3 is 6.03 Å². The minimum absolute atomic E-state index is 0.0113. The second-order valence-electron chi connectivity index (χ2n) is 5.53. The van der Waals surface area contributed by atoms with E-state index in [2.05, 4.69) is 28.8 Å². The van der Waals surface area contributed by atoms with Crippen LogP contribution in [0.5, 0.6) is 0 Å². The van der Waals surface area contributed by atoms with Gasteiger partial charge in [-0.05, 0) is 66.8 Å². The molecule has 0 spiro atoms. The van der Waals surface area contributed by atoms with E-state index in [1.165, 1.54) is 47.3 Å². The maximum atomic E-state index is 12.0. The van der Waals surface area contributed by atoms with Gasteiger partial charge in [0.05, 0.1) is 11.0 Å². The second kappa shape index (κ2) is 6.31. The van der Waals surface area contributed by atoms with Gasteiger partial charge < -0.3 is 5.32 Å². The lowest BCUT2D eigenvalue weighted by atomic mass is 9.89. The van der Waals surface area contributed by atoms with E-state index in [-0.39, 0.29) is 12.1 Å². The minimum atomic E-state index is -0.150. The third-order valence-electron chi connectivity index (χ3n) is 3.98. The Balaban J connectivity index is 1.64. The molecule has 4 heteroatoms. The highest BCUT2D eigenvalue weighted by Gasteiger charge is 2.14. The van der Waals surface area contributed by atoms with Crippen molar-refractivity contribution in [2.45, 2.75) is 38.6 Å². The summed E-state index contributed by atoms with van der Waals surface area (Å²) in [4.78, 5) is 12.0. The Morgan fingerprint density at radius 3 is 2.76 bits per heavy atom. The summed E-state index contributed by atoms with van der Waals surface area (Å²) in [6.07, 6.45) is 4.92. The number of rotatable bonds is 3. The third kappa shape index (κ3) is 3.45. The van der Waals surface area contributed by atoms with Crippen LogP contribution in [0.25, 0.3) is 0 Å². The number of urea groups is 1. The first-order chi connectivity index (χ1) is 10.2. The van der Waals surface area contributed by atoms with Crippen LogP contribution in [0.4, 0.5) is 9.80 Å². The molecule has 1 heterocycles. The van der Waals surface area contributed by atoms with Crippen LogP contribution in [0.15, 0.2) is 35.7 Å². The molecular weight excluding hydrogens is 280 g/mol. The van der Waals surface area contributed by atoms with Crippen LogP contribution in [0.1, 0.15) is 42.5 Å². The topological polar surface area (TPSA) is 41.1 Å². The van der Waals surface area contributed by atoms with Gasteiger partial charge in [-0.3, -0.25) is 5.32 Å². The van der Waals surface area contributed by atoms with Crippen molar-refractivity contribution in [3.8, 4) is 0 Å². The summed E-state index contributed by atoms with van der Waals surface area (Å²) in [5, 5.41) is 8.66. The van der Waals surface area contributed by atoms with Gasteiger partial charge in [-0.25, -0.2) is 4.79 Å². The zero-order valence-corrected chi connectivity index (χ0v) is 13.0. The van der Waals surface area contributed by atoms with Crippen molar-refractivity contribution < 1.29 is 4.79 Å². The summed E-state index contributed by atoms with van der Waals surface area (Å²) in [5.41, 5.74) is 4.10. The number of carbonyl (C=O) groups is 1. The van der Waals surface area contributed by atoms with Gasteiger partial charge in [-0.2, -0.15) is 0 Å². The second-order valence-corrected chi connectivity index (χ2v) is 6.48. The Kier molecular flexibility index (Phi) is 4.25. The standard InChI is InChI=1S/C17H20N2OS/c1-12(18-17(20)19-16-7-4-10-21-16)14-9-8-13-5-2-3-6-15(13)11-14/h4,7-12H,2-3,5-6H2,1H3,(H2,18,19,20). The molecule has 1 atom stereocenters. The first kappa shape index (κ1) is 14.1. The number of aryl methyl sites for hydroxylation is 2. The van der Waals surface area contributed by atoms with E-state index >= 15 is 0 Å². The van der Waals surface area contributed by atoms with E-state index in [0.717, 1.165) is 11.4 Å². The zero-order valence-electron chi connectivity index (χ0n) is 12.2. The summed E-state index contributed by atoms with van der Waals surface area (Å²) in [6, 6.07) is 10.3. The number of anilines is 1. The fourth-order valence-electron chi connectivity index (χ4n) is 2.80. The number of hydrogen-bond acceptors (Lipinski definition) is 2. The number of amides is 2. The number of benzene rings is 1. The summed E-state index contributed by atoms with van der Waals surface area (Å²) in [6.45, 7) is 2.03. The van der Waals surface area contributed by atoms with E-state index in [0.29, 0.717) is 0 Å². The van der Waals surface area contributed by atoms with Crippen LogP contribution in [0.2, 0.25) is 0 Å². The fourth-order valence-corrected chi connectivity index (χ4v) is 3.41. The van der Waals surface area contributed by atoms with Gasteiger partial charge in [0.1, 0.15) is 0 Å². The number of thiophene rings is 1. The normalized spacial score (nSPS) is 15.1. The molecule has 3 nitrogen and oxygen atoms in total. The third-order valence-corrected chi connectivity index (χ3v) is 4.76. The van der Waals surface area contributed by atoms with Gasteiger partial charge in [0.2, 0.25) is 0 Å². The Morgan fingerprint density at radius 2 is 2.00 bits per heavy atom. The summed E-state index contributed by atoms with van der Waals surface area (Å²) in [5.74, 6) is 0. The van der Waals surface area contributed by atoms with Crippen LogP contribution in [-0.4, -0.2) is 6.03 Å². The lowest BCUT2D eigenvalue weighted by molar-refractivity contribution is 0.249. The molecule has 0 radical (unpaired) electrons. The summed E-state index contributed by atoms with van der Waals surface area (Å²) < 4.78 is 0. The molecule has 1 unspecified atom stereocenters. The van der Waals surface area contributed by atoms with E-state index in [1.54, 1.807) is 0 Å². The van der Waals surface area contributed by atoms with Crippen LogP contribution in [-0.2, 0) is 12.8 Å². The van der Waals surface area contributed by atoms with Crippen molar-refractivity contribution in [3.63, 3.8) is 0 Å². The largest absolute Gasteiger partial charge is 0.331 e. The maximum absolute atomic E-state index is 12.0. The van der Waals surface area contributed by atoms with Crippen molar-refractivity contribution in [2.24, 2.45) is 0 Å². The number of carbonyl (C=O) groups excluding carboxylic acids is 1. The smallest absolute Gasteiger partial charge is 0.320 e. The highest BCUT2D eigenvalue weighted by Crippen LogP contribution is 2.25. The zero-order chi connectivity index (χ0) is 14.7. The number of fused-ring (bicyclic) bond motifs is 1. The monoisotopic (exact) mass is 300 g/mol. The molecule has 110 valence electrons. The predicted molar refractivity (Wildman–Crippen MR) is 88.0 cm³/mol. The van der Waals surface area contributed by atoms with Crippen LogP contribution >= 0.6 is 11.3 Å². The summed E-state index contributed by atoms with van der Waals surface area (Å²) >= 11 is 1.52. The molecule has 2 N–H and O–H groups in total. The van der Waals surface area contributed by atoms with Gasteiger partial charge in [-0.1, -0.05) is 18.2 Å². The molecule has 0 fully saturated rings. The first-order valence-corrected chi connectivity index (χ1v) is 8.33. The first-order valence-electron chi connectivity index (χ1n) is 7.45. The maximum Gasteiger partial charge on any atom is 0.320 e. The number of nitrogens with one attached hydrogen (secondary N) is 2. The van der Waals surface area contributed by atoms with Crippen LogP contribution in [0.3, 0.4) is 0 Å². The van der Waals surface area contributed by atoms with Gasteiger partial charge in [0, 0.05) is 0 Å². The Labute approximate surface area is 129 Å². The molecule has 1 aliphatic rings. The fraction of sp³-hybridized carbons (Fsp3) is 0.353. The van der Waals surface area contributed by atoms with Gasteiger partial charge in [0.25, 0.3) is 0 Å². The van der Waals surface area contributed by atoms with E-state index in [4.69, 9.17) is 0 Å². The molecule has 2 amide bonds. The molecule has 1 aromatic carbocycles. The molecule has 1 aromatic heterocycles. The average Bonchev–Trinajstić information content (AvgIpc) is 2.99. The van der Waals surface area contributed by atoms with Crippen molar-refractivity contribution >= 4 is 22.4 Å². The van der Waals surface area contributed by atoms with Crippen molar-refractivity contribution in [3.05, 3.63) is 52.4 Å². The van der Waals surface area contributed by atoms with E-state index < -0.39 is 0 Å². The molecule has 0 aliphatic heterocycles. The minimum Gasteiger partial charge on any atom is -0.331 e. The van der Waals surface area contributed by atoms with Crippen molar-refractivity contribution in [1.82, 2.24) is 5.32 Å². The SMILES string of the molecule is CC(NC(=O)Nc1cccs1)c1ccc2c(c1)CCCC2. The van der Waals surface area contributed by atoms with Crippen LogP contribution in [0, 0.1) is 0 Å². The predicted octanol–water partition coefficient (Wildman–Crippen LogP) is 4.51. The van der Waals surface area contributed by atoms with Gasteiger partial charge in [0.15, 0.2) is 0 Å². The van der Waals surface area contributed by atoms with E-state index in [1.807, 2.05) is 24.4 Å². The Hall–Kier alpha value is -1.81. The van der Waals surface area contributed by atoms with Gasteiger partial charge in [-0.15, -0.1) is 11.3 Å². The lowest BCUT2D eigenvalue weighted by Crippen LogP contribution is -2.31. The molecule has 0 bridgehead atoms. The molecular formula is C17H20N2OS. The number of hydrogen-bond donors (Lipinski definition) is 2. The lowest BCUT2D eigenvalue weighted by Gasteiger charge is -2.20. The molecule has 1 aliphatic carbocycles. The average molecular weight is 300 g/mol. The Morgan fingerprint density at radius 1 is 1.19 bits per heavy atom. The van der Waals surface area contributed by atoms with Crippen molar-refractivity contribution in [1.29, 1.82) is 0 Å². The van der Waals surface area contributed by atoms with Crippen molar-refractivity contribution in [2.75, 3.05) is 5.32 Å². The highest BCUT2D eigenvalue weighted by atomic mass is 32.1. The van der Waals surface area contributed by atoms with Crippen LogP contribution < -0.4 is 10.6 Å². The molecule has 0 saturated heterocycles. The Bertz CT molecular complexity index is 622. The molecule has 0 saturated carbocycles. The highest BCUT2D eigenvalue weighted by molar-refractivity contribution is 7.14. The quantitative estimate of drug-likeness (QED) is 0.860. The molecule has 2 aromatic rings. The molecule has 3 rings (SSSR count). The molecule has 21 heavy (non-hydrogen) atoms. The summed E-state index contributed by atoms with van der Waals surface area (Å²) in [7, 11) is 0.